The molecule has 98 valence electrons. The van der Waals surface area contributed by atoms with Crippen LogP contribution in [-0.2, 0) is 0 Å². The molecule has 0 bridgehead atoms. The number of benzene rings is 1. The van der Waals surface area contributed by atoms with E-state index in [4.69, 9.17) is 18.0 Å². The van der Waals surface area contributed by atoms with Crippen molar-refractivity contribution in [3.63, 3.8) is 0 Å². The Kier molecular flexibility index (Phi) is 4.17. The lowest BCUT2D eigenvalue weighted by atomic mass is 10.0. The van der Waals surface area contributed by atoms with E-state index in [0.717, 1.165) is 23.4 Å². The first-order chi connectivity index (χ1) is 8.50. The van der Waals surface area contributed by atoms with Gasteiger partial charge in [-0.1, -0.05) is 12.2 Å². The van der Waals surface area contributed by atoms with Gasteiger partial charge in [-0.2, -0.15) is 11.8 Å². The second-order valence-electron chi connectivity index (χ2n) is 5.15. The van der Waals surface area contributed by atoms with Crippen LogP contribution < -0.4 is 11.1 Å². The summed E-state index contributed by atoms with van der Waals surface area (Å²) in [5.41, 5.74) is 8.93. The lowest BCUT2D eigenvalue weighted by molar-refractivity contribution is 0.635. The van der Waals surface area contributed by atoms with E-state index < -0.39 is 0 Å². The second-order valence-corrected chi connectivity index (χ2v) is 7.27. The molecular weight excluding hydrogens is 260 g/mol. The van der Waals surface area contributed by atoms with Crippen LogP contribution in [0.25, 0.3) is 0 Å². The Hall–Kier alpha value is -0.740. The molecule has 1 unspecified atom stereocenters. The van der Waals surface area contributed by atoms with E-state index in [1.807, 2.05) is 13.0 Å². The van der Waals surface area contributed by atoms with E-state index in [9.17, 15) is 0 Å². The van der Waals surface area contributed by atoms with Gasteiger partial charge in [0.15, 0.2) is 0 Å². The standard InChI is InChI=1S/C14H20N2S2/c1-10-8-11(4-5-12(10)13(15)17)16-9-14(2)6-3-7-18-14/h4-5,8,16H,3,6-7,9H2,1-2H3,(H2,15,17). The maximum Gasteiger partial charge on any atom is 0.104 e. The number of hydrogen-bond acceptors (Lipinski definition) is 3. The molecule has 4 heteroatoms. The fourth-order valence-corrected chi connectivity index (χ4v) is 3.79. The molecule has 0 amide bonds. The monoisotopic (exact) mass is 280 g/mol. The zero-order valence-electron chi connectivity index (χ0n) is 11.0. The first-order valence-electron chi connectivity index (χ1n) is 6.28. The fraction of sp³-hybridized carbons (Fsp3) is 0.500. The highest BCUT2D eigenvalue weighted by molar-refractivity contribution is 8.00. The van der Waals surface area contributed by atoms with Crippen LogP contribution in [0.3, 0.4) is 0 Å². The largest absolute Gasteiger partial charge is 0.389 e. The molecule has 1 aromatic carbocycles. The SMILES string of the molecule is Cc1cc(NCC2(C)CCCS2)ccc1C(N)=S. The van der Waals surface area contributed by atoms with Crippen LogP contribution >= 0.6 is 24.0 Å². The average Bonchev–Trinajstić information content (AvgIpc) is 2.74. The van der Waals surface area contributed by atoms with Gasteiger partial charge < -0.3 is 11.1 Å². The molecule has 1 fully saturated rings. The summed E-state index contributed by atoms with van der Waals surface area (Å²) in [4.78, 5) is 0.470. The third kappa shape index (κ3) is 3.18. The van der Waals surface area contributed by atoms with Crippen molar-refractivity contribution in [1.82, 2.24) is 0 Å². The minimum absolute atomic E-state index is 0.385. The Morgan fingerprint density at radius 3 is 2.89 bits per heavy atom. The summed E-state index contributed by atoms with van der Waals surface area (Å²) in [6.45, 7) is 5.41. The molecule has 0 spiro atoms. The van der Waals surface area contributed by atoms with Gasteiger partial charge in [-0.3, -0.25) is 0 Å². The van der Waals surface area contributed by atoms with Crippen LogP contribution in [0.1, 0.15) is 30.9 Å². The topological polar surface area (TPSA) is 38.0 Å². The smallest absolute Gasteiger partial charge is 0.104 e. The third-order valence-electron chi connectivity index (χ3n) is 3.46. The lowest BCUT2D eigenvalue weighted by Crippen LogP contribution is -2.27. The van der Waals surface area contributed by atoms with Gasteiger partial charge in [0.1, 0.15) is 4.99 Å². The number of thioether (sulfide) groups is 1. The Morgan fingerprint density at radius 1 is 1.56 bits per heavy atom. The normalized spacial score (nSPS) is 23.0. The third-order valence-corrected chi connectivity index (χ3v) is 5.22. The molecule has 3 N–H and O–H groups in total. The van der Waals surface area contributed by atoms with E-state index in [1.165, 1.54) is 18.6 Å². The Balaban J connectivity index is 2.02. The number of thiocarbonyl (C=S) groups is 1. The summed E-state index contributed by atoms with van der Waals surface area (Å²) in [6, 6.07) is 6.19. The molecule has 2 rings (SSSR count). The molecular formula is C14H20N2S2. The highest BCUT2D eigenvalue weighted by Crippen LogP contribution is 2.37. The minimum atomic E-state index is 0.385. The Labute approximate surface area is 119 Å². The van der Waals surface area contributed by atoms with Gasteiger partial charge in [0.2, 0.25) is 0 Å². The van der Waals surface area contributed by atoms with Crippen LogP contribution in [0.2, 0.25) is 0 Å². The number of nitrogens with two attached hydrogens (primary N) is 1. The highest BCUT2D eigenvalue weighted by Gasteiger charge is 2.28. The van der Waals surface area contributed by atoms with Gasteiger partial charge in [0.25, 0.3) is 0 Å². The van der Waals surface area contributed by atoms with Crippen molar-refractivity contribution in [3.05, 3.63) is 29.3 Å². The molecule has 1 atom stereocenters. The molecule has 0 radical (unpaired) electrons. The molecule has 1 aromatic rings. The molecule has 0 aliphatic carbocycles. The van der Waals surface area contributed by atoms with Crippen molar-refractivity contribution >= 4 is 34.7 Å². The van der Waals surface area contributed by atoms with Crippen LogP contribution in [0.5, 0.6) is 0 Å². The molecule has 1 aliphatic heterocycles. The first-order valence-corrected chi connectivity index (χ1v) is 7.68. The van der Waals surface area contributed by atoms with Crippen molar-refractivity contribution in [2.45, 2.75) is 31.4 Å². The van der Waals surface area contributed by atoms with Crippen LogP contribution in [0.15, 0.2) is 18.2 Å². The van der Waals surface area contributed by atoms with E-state index in [2.05, 4.69) is 36.1 Å². The average molecular weight is 280 g/mol. The Morgan fingerprint density at radius 2 is 2.33 bits per heavy atom. The minimum Gasteiger partial charge on any atom is -0.389 e. The van der Waals surface area contributed by atoms with Gasteiger partial charge in [-0.25, -0.2) is 0 Å². The number of aryl methyl sites for hydroxylation is 1. The summed E-state index contributed by atoms with van der Waals surface area (Å²) < 4.78 is 0.385. The summed E-state index contributed by atoms with van der Waals surface area (Å²) in [5.74, 6) is 1.29. The zero-order chi connectivity index (χ0) is 13.2. The van der Waals surface area contributed by atoms with E-state index in [1.54, 1.807) is 0 Å². The molecule has 2 nitrogen and oxygen atoms in total. The lowest BCUT2D eigenvalue weighted by Gasteiger charge is -2.23. The van der Waals surface area contributed by atoms with Crippen LogP contribution in [-0.4, -0.2) is 22.0 Å². The zero-order valence-corrected chi connectivity index (χ0v) is 12.6. The summed E-state index contributed by atoms with van der Waals surface area (Å²) in [5, 5.41) is 3.53. The van der Waals surface area contributed by atoms with Gasteiger partial charge >= 0.3 is 0 Å². The Bertz CT molecular complexity index is 451. The van der Waals surface area contributed by atoms with Crippen molar-refractivity contribution in [2.75, 3.05) is 17.6 Å². The van der Waals surface area contributed by atoms with Crippen molar-refractivity contribution in [3.8, 4) is 0 Å². The number of rotatable bonds is 4. The van der Waals surface area contributed by atoms with Gasteiger partial charge in [-0.05, 0) is 56.2 Å². The van der Waals surface area contributed by atoms with Gasteiger partial charge in [0.05, 0.1) is 0 Å². The highest BCUT2D eigenvalue weighted by atomic mass is 32.2. The molecule has 1 saturated heterocycles. The van der Waals surface area contributed by atoms with E-state index in [-0.39, 0.29) is 0 Å². The van der Waals surface area contributed by atoms with Crippen molar-refractivity contribution in [2.24, 2.45) is 5.73 Å². The van der Waals surface area contributed by atoms with E-state index in [0.29, 0.717) is 9.74 Å². The number of anilines is 1. The second kappa shape index (κ2) is 5.49. The number of hydrogen-bond donors (Lipinski definition) is 2. The van der Waals surface area contributed by atoms with E-state index >= 15 is 0 Å². The van der Waals surface area contributed by atoms with Crippen LogP contribution in [0.4, 0.5) is 5.69 Å². The molecule has 1 aliphatic rings. The quantitative estimate of drug-likeness (QED) is 0.830. The first kappa shape index (κ1) is 13.7. The van der Waals surface area contributed by atoms with Crippen molar-refractivity contribution < 1.29 is 0 Å². The predicted octanol–water partition coefficient (Wildman–Crippen LogP) is 3.33. The fourth-order valence-electron chi connectivity index (χ4n) is 2.32. The summed E-state index contributed by atoms with van der Waals surface area (Å²) in [6.07, 6.45) is 2.64. The van der Waals surface area contributed by atoms with Crippen molar-refractivity contribution in [1.29, 1.82) is 0 Å². The van der Waals surface area contributed by atoms with Crippen LogP contribution in [0, 0.1) is 6.92 Å². The van der Waals surface area contributed by atoms with Gasteiger partial charge in [0, 0.05) is 22.5 Å². The number of nitrogens with one attached hydrogen (secondary N) is 1. The predicted molar refractivity (Wildman–Crippen MR) is 85.7 cm³/mol. The summed E-state index contributed by atoms with van der Waals surface area (Å²) >= 11 is 7.09. The van der Waals surface area contributed by atoms with Gasteiger partial charge in [-0.15, -0.1) is 0 Å². The molecule has 0 aromatic heterocycles. The maximum absolute atomic E-state index is 5.67. The summed E-state index contributed by atoms with van der Waals surface area (Å²) in [7, 11) is 0. The molecule has 18 heavy (non-hydrogen) atoms. The maximum atomic E-state index is 5.67. The molecule has 1 heterocycles. The molecule has 0 saturated carbocycles.